The third-order valence-corrected chi connectivity index (χ3v) is 4.55. The lowest BCUT2D eigenvalue weighted by atomic mass is 10.2. The molecule has 0 spiro atoms. The predicted molar refractivity (Wildman–Crippen MR) is 87.6 cm³/mol. The monoisotopic (exact) mass is 328 g/mol. The van der Waals surface area contributed by atoms with Gasteiger partial charge in [-0.3, -0.25) is 0 Å². The Balaban J connectivity index is 2.29. The maximum atomic E-state index is 11.0. The molecular weight excluding hydrogens is 308 g/mol. The van der Waals surface area contributed by atoms with E-state index in [9.17, 15) is 8.42 Å². The molecule has 0 radical (unpaired) electrons. The van der Waals surface area contributed by atoms with Crippen LogP contribution in [-0.4, -0.2) is 50.3 Å². The van der Waals surface area contributed by atoms with Crippen molar-refractivity contribution < 1.29 is 18.3 Å². The van der Waals surface area contributed by atoms with Crippen LogP contribution >= 0.6 is 11.8 Å². The predicted octanol–water partition coefficient (Wildman–Crippen LogP) is 1.58. The maximum Gasteiger partial charge on any atom is 0.148 e. The van der Waals surface area contributed by atoms with E-state index in [1.165, 1.54) is 6.26 Å². The first-order valence-electron chi connectivity index (χ1n) is 6.59. The van der Waals surface area contributed by atoms with Crippen molar-refractivity contribution in [3.8, 4) is 17.6 Å². The topological polar surface area (TPSA) is 63.6 Å². The van der Waals surface area contributed by atoms with E-state index in [1.807, 2.05) is 24.3 Å². The summed E-state index contributed by atoms with van der Waals surface area (Å²) < 4.78 is 27.5. The van der Waals surface area contributed by atoms with Crippen LogP contribution in [0.5, 0.6) is 5.75 Å². The molecule has 0 aromatic heterocycles. The molecule has 0 unspecified atom stereocenters. The van der Waals surface area contributed by atoms with Gasteiger partial charge in [-0.15, -0.1) is 0 Å². The van der Waals surface area contributed by atoms with Crippen LogP contribution in [0.2, 0.25) is 0 Å². The van der Waals surface area contributed by atoms with Crippen LogP contribution in [-0.2, 0) is 9.84 Å². The fourth-order valence-electron chi connectivity index (χ4n) is 1.41. The van der Waals surface area contributed by atoms with Gasteiger partial charge in [-0.2, -0.15) is 11.8 Å². The lowest BCUT2D eigenvalue weighted by Crippen LogP contribution is -2.07. The van der Waals surface area contributed by atoms with Crippen molar-refractivity contribution >= 4 is 21.6 Å². The van der Waals surface area contributed by atoms with Crippen LogP contribution in [0.4, 0.5) is 0 Å². The highest BCUT2D eigenvalue weighted by molar-refractivity contribution is 8.00. The number of hydrogen-bond donors (Lipinski definition) is 1. The van der Waals surface area contributed by atoms with E-state index in [4.69, 9.17) is 9.84 Å². The summed E-state index contributed by atoms with van der Waals surface area (Å²) in [4.78, 5) is 0. The summed E-state index contributed by atoms with van der Waals surface area (Å²) in [5, 5.41) is 8.67. The van der Waals surface area contributed by atoms with E-state index in [2.05, 4.69) is 11.8 Å². The van der Waals surface area contributed by atoms with Crippen LogP contribution < -0.4 is 4.74 Å². The average molecular weight is 328 g/mol. The van der Waals surface area contributed by atoms with Crippen molar-refractivity contribution in [3.05, 3.63) is 29.8 Å². The second kappa shape index (κ2) is 9.72. The third kappa shape index (κ3) is 9.40. The van der Waals surface area contributed by atoms with E-state index in [0.29, 0.717) is 18.8 Å². The largest absolute Gasteiger partial charge is 0.493 e. The van der Waals surface area contributed by atoms with Crippen LogP contribution in [0, 0.1) is 11.8 Å². The van der Waals surface area contributed by atoms with Crippen molar-refractivity contribution in [1.29, 1.82) is 0 Å². The molecule has 6 heteroatoms. The molecule has 0 bridgehead atoms. The van der Waals surface area contributed by atoms with Gasteiger partial charge in [0.05, 0.1) is 19.0 Å². The minimum absolute atomic E-state index is 0.0634. The fourth-order valence-corrected chi connectivity index (χ4v) is 3.50. The molecule has 0 aliphatic heterocycles. The molecule has 0 fully saturated rings. The Labute approximate surface area is 130 Å². The van der Waals surface area contributed by atoms with Gasteiger partial charge >= 0.3 is 0 Å². The van der Waals surface area contributed by atoms with Gasteiger partial charge in [-0.25, -0.2) is 8.42 Å². The molecule has 0 heterocycles. The summed E-state index contributed by atoms with van der Waals surface area (Å²) >= 11 is 1.56. The molecule has 0 atom stereocenters. The Bertz CT molecular complexity index is 585. The molecular formula is C15H20O4S2. The van der Waals surface area contributed by atoms with Crippen LogP contribution in [0.3, 0.4) is 0 Å². The number of hydrogen-bond acceptors (Lipinski definition) is 5. The zero-order chi connectivity index (χ0) is 15.6. The van der Waals surface area contributed by atoms with Gasteiger partial charge in [0, 0.05) is 29.7 Å². The molecule has 1 rings (SSSR count). The molecule has 1 aromatic rings. The highest BCUT2D eigenvalue weighted by Gasteiger charge is 2.01. The standard InChI is InChI=1S/C15H20O4S2/c1-21(17,18)12-11-20-10-9-19-15-7-4-6-14(13-15)5-2-3-8-16/h4,6-7,13,16H,3,8-12H2,1H3. The average Bonchev–Trinajstić information content (AvgIpc) is 2.42. The lowest BCUT2D eigenvalue weighted by Gasteiger charge is -2.06. The molecule has 0 saturated heterocycles. The maximum absolute atomic E-state index is 11.0. The molecule has 0 aliphatic rings. The first-order chi connectivity index (χ1) is 10.0. The van der Waals surface area contributed by atoms with E-state index < -0.39 is 9.84 Å². The highest BCUT2D eigenvalue weighted by Crippen LogP contribution is 2.13. The minimum atomic E-state index is -2.87. The summed E-state index contributed by atoms with van der Waals surface area (Å²) in [5.41, 5.74) is 0.852. The van der Waals surface area contributed by atoms with Crippen molar-refractivity contribution in [2.75, 3.05) is 36.7 Å². The first-order valence-corrected chi connectivity index (χ1v) is 9.81. The first kappa shape index (κ1) is 17.9. The Kier molecular flexibility index (Phi) is 8.28. The quantitative estimate of drug-likeness (QED) is 0.580. The Morgan fingerprint density at radius 3 is 2.86 bits per heavy atom. The second-order valence-corrected chi connectivity index (χ2v) is 7.88. The molecule has 1 aromatic carbocycles. The summed E-state index contributed by atoms with van der Waals surface area (Å²) in [6.07, 6.45) is 1.70. The molecule has 0 amide bonds. The van der Waals surface area contributed by atoms with Crippen LogP contribution in [0.25, 0.3) is 0 Å². The Morgan fingerprint density at radius 2 is 2.14 bits per heavy atom. The summed E-state index contributed by atoms with van der Waals surface area (Å²) in [7, 11) is -2.87. The van der Waals surface area contributed by atoms with Crippen molar-refractivity contribution in [2.24, 2.45) is 0 Å². The molecule has 116 valence electrons. The molecule has 0 saturated carbocycles. The number of rotatable bonds is 8. The Hall–Kier alpha value is -1.16. The number of aliphatic hydroxyl groups is 1. The van der Waals surface area contributed by atoms with Gasteiger partial charge in [-0.1, -0.05) is 17.9 Å². The number of ether oxygens (including phenoxy) is 1. The minimum Gasteiger partial charge on any atom is -0.493 e. The van der Waals surface area contributed by atoms with E-state index in [-0.39, 0.29) is 12.4 Å². The zero-order valence-electron chi connectivity index (χ0n) is 12.0. The van der Waals surface area contributed by atoms with E-state index in [0.717, 1.165) is 17.1 Å². The zero-order valence-corrected chi connectivity index (χ0v) is 13.7. The van der Waals surface area contributed by atoms with Crippen molar-refractivity contribution in [1.82, 2.24) is 0 Å². The summed E-state index contributed by atoms with van der Waals surface area (Å²) in [6, 6.07) is 7.47. The van der Waals surface area contributed by atoms with Crippen LogP contribution in [0.15, 0.2) is 24.3 Å². The number of thioether (sulfide) groups is 1. The van der Waals surface area contributed by atoms with E-state index >= 15 is 0 Å². The van der Waals surface area contributed by atoms with Crippen LogP contribution in [0.1, 0.15) is 12.0 Å². The smallest absolute Gasteiger partial charge is 0.148 e. The van der Waals surface area contributed by atoms with Gasteiger partial charge in [0.1, 0.15) is 15.6 Å². The number of benzene rings is 1. The lowest BCUT2D eigenvalue weighted by molar-refractivity contribution is 0.305. The third-order valence-electron chi connectivity index (χ3n) is 2.40. The van der Waals surface area contributed by atoms with Gasteiger partial charge in [-0.05, 0) is 18.2 Å². The Morgan fingerprint density at radius 1 is 1.33 bits per heavy atom. The fraction of sp³-hybridized carbons (Fsp3) is 0.467. The number of sulfone groups is 1. The normalized spacial score (nSPS) is 10.8. The molecule has 4 nitrogen and oxygen atoms in total. The molecule has 0 aliphatic carbocycles. The van der Waals surface area contributed by atoms with Gasteiger partial charge in [0.15, 0.2) is 0 Å². The highest BCUT2D eigenvalue weighted by atomic mass is 32.2. The summed E-state index contributed by atoms with van der Waals surface area (Å²) in [5.74, 6) is 8.10. The van der Waals surface area contributed by atoms with Gasteiger partial charge in [0.25, 0.3) is 0 Å². The van der Waals surface area contributed by atoms with E-state index in [1.54, 1.807) is 11.8 Å². The van der Waals surface area contributed by atoms with Crippen molar-refractivity contribution in [2.45, 2.75) is 6.42 Å². The molecule has 21 heavy (non-hydrogen) atoms. The number of aliphatic hydroxyl groups excluding tert-OH is 1. The van der Waals surface area contributed by atoms with Crippen molar-refractivity contribution in [3.63, 3.8) is 0 Å². The SMILES string of the molecule is CS(=O)(=O)CCSCCOc1cccc(C#CCCO)c1. The molecule has 1 N–H and O–H groups in total. The second-order valence-electron chi connectivity index (χ2n) is 4.39. The van der Waals surface area contributed by atoms with Gasteiger partial charge in [0.2, 0.25) is 0 Å². The summed E-state index contributed by atoms with van der Waals surface area (Å²) in [6.45, 7) is 0.593. The van der Waals surface area contributed by atoms with Gasteiger partial charge < -0.3 is 9.84 Å².